The minimum absolute atomic E-state index is 0.205. The highest BCUT2D eigenvalue weighted by molar-refractivity contribution is 5.26. The molecular weight excluding hydrogens is 202 g/mol. The molecule has 1 aliphatic heterocycles. The van der Waals surface area contributed by atoms with Crippen molar-refractivity contribution in [2.75, 3.05) is 33.4 Å². The highest BCUT2D eigenvalue weighted by Gasteiger charge is 2.15. The molecule has 0 radical (unpaired) electrons. The van der Waals surface area contributed by atoms with Crippen molar-refractivity contribution in [2.24, 2.45) is 0 Å². The van der Waals surface area contributed by atoms with Gasteiger partial charge in [-0.15, -0.1) is 0 Å². The average molecular weight is 221 g/mol. The van der Waals surface area contributed by atoms with Gasteiger partial charge in [-0.2, -0.15) is 0 Å². The van der Waals surface area contributed by atoms with Crippen molar-refractivity contribution < 1.29 is 9.47 Å². The van der Waals surface area contributed by atoms with Crippen molar-refractivity contribution in [2.45, 2.75) is 12.5 Å². The summed E-state index contributed by atoms with van der Waals surface area (Å²) < 4.78 is 10.8. The van der Waals surface area contributed by atoms with Crippen LogP contribution in [-0.4, -0.2) is 33.4 Å². The Hall–Kier alpha value is -0.900. The Bertz CT molecular complexity index is 321. The lowest BCUT2D eigenvalue weighted by Gasteiger charge is -2.24. The Kier molecular flexibility index (Phi) is 4.34. The van der Waals surface area contributed by atoms with Crippen LogP contribution in [0.5, 0.6) is 0 Å². The quantitative estimate of drug-likeness (QED) is 0.836. The van der Waals surface area contributed by atoms with E-state index in [1.165, 1.54) is 11.1 Å². The van der Waals surface area contributed by atoms with E-state index in [0.717, 1.165) is 32.7 Å². The van der Waals surface area contributed by atoms with Crippen LogP contribution in [0.2, 0.25) is 0 Å². The van der Waals surface area contributed by atoms with Gasteiger partial charge in [0.2, 0.25) is 0 Å². The molecule has 0 bridgehead atoms. The second-order valence-electron chi connectivity index (χ2n) is 4.05. The van der Waals surface area contributed by atoms with Crippen molar-refractivity contribution in [1.82, 2.24) is 5.32 Å². The number of methoxy groups -OCH3 is 1. The first kappa shape index (κ1) is 11.6. The molecule has 1 N–H and O–H groups in total. The number of benzene rings is 1. The number of hydrogen-bond donors (Lipinski definition) is 1. The monoisotopic (exact) mass is 221 g/mol. The summed E-state index contributed by atoms with van der Waals surface area (Å²) in [6.45, 7) is 3.44. The molecule has 0 amide bonds. The molecule has 1 heterocycles. The fourth-order valence-electron chi connectivity index (χ4n) is 1.95. The van der Waals surface area contributed by atoms with Gasteiger partial charge in [0.05, 0.1) is 19.3 Å². The van der Waals surface area contributed by atoms with E-state index in [0.29, 0.717) is 0 Å². The van der Waals surface area contributed by atoms with Crippen LogP contribution in [0.3, 0.4) is 0 Å². The molecule has 0 aliphatic carbocycles. The summed E-state index contributed by atoms with van der Waals surface area (Å²) in [5.74, 6) is 0. The first-order chi connectivity index (χ1) is 7.90. The van der Waals surface area contributed by atoms with Crippen LogP contribution >= 0.6 is 0 Å². The average Bonchev–Trinajstić information content (AvgIpc) is 2.38. The molecule has 3 heteroatoms. The minimum Gasteiger partial charge on any atom is -0.384 e. The highest BCUT2D eigenvalue weighted by Crippen LogP contribution is 2.19. The van der Waals surface area contributed by atoms with Crippen LogP contribution in [0.25, 0.3) is 0 Å². The van der Waals surface area contributed by atoms with Crippen molar-refractivity contribution in [3.63, 3.8) is 0 Å². The third-order valence-corrected chi connectivity index (χ3v) is 2.85. The molecule has 0 spiro atoms. The third-order valence-electron chi connectivity index (χ3n) is 2.85. The van der Waals surface area contributed by atoms with E-state index in [2.05, 4.69) is 29.6 Å². The Balaban J connectivity index is 2.02. The standard InChI is InChI=1S/C13H19NO2/c1-15-7-5-11-3-2-4-12(9-11)13-10-14-6-8-16-13/h2-4,9,13-14H,5-8,10H2,1H3. The highest BCUT2D eigenvalue weighted by atomic mass is 16.5. The van der Waals surface area contributed by atoms with Gasteiger partial charge in [-0.1, -0.05) is 24.3 Å². The summed E-state index contributed by atoms with van der Waals surface area (Å²) >= 11 is 0. The number of hydrogen-bond acceptors (Lipinski definition) is 3. The predicted octanol–water partition coefficient (Wildman–Crippen LogP) is 1.54. The lowest BCUT2D eigenvalue weighted by Crippen LogP contribution is -2.33. The van der Waals surface area contributed by atoms with Gasteiger partial charge >= 0.3 is 0 Å². The molecule has 2 rings (SSSR count). The number of rotatable bonds is 4. The maximum atomic E-state index is 5.73. The molecule has 1 aliphatic rings. The fourth-order valence-corrected chi connectivity index (χ4v) is 1.95. The number of morpholine rings is 1. The van der Waals surface area contributed by atoms with E-state index in [4.69, 9.17) is 9.47 Å². The molecule has 1 fully saturated rings. The summed E-state index contributed by atoms with van der Waals surface area (Å²) in [5, 5.41) is 3.35. The van der Waals surface area contributed by atoms with E-state index < -0.39 is 0 Å². The summed E-state index contributed by atoms with van der Waals surface area (Å²) in [4.78, 5) is 0. The van der Waals surface area contributed by atoms with Crippen LogP contribution in [0.4, 0.5) is 0 Å². The minimum atomic E-state index is 0.205. The van der Waals surface area contributed by atoms with Gasteiger partial charge in [-0.25, -0.2) is 0 Å². The zero-order valence-electron chi connectivity index (χ0n) is 9.74. The van der Waals surface area contributed by atoms with Crippen molar-refractivity contribution in [1.29, 1.82) is 0 Å². The predicted molar refractivity (Wildman–Crippen MR) is 63.6 cm³/mol. The zero-order chi connectivity index (χ0) is 11.2. The molecule has 1 atom stereocenters. The van der Waals surface area contributed by atoms with Gasteiger partial charge in [0.1, 0.15) is 0 Å². The number of nitrogens with one attached hydrogen (secondary N) is 1. The zero-order valence-corrected chi connectivity index (χ0v) is 9.74. The van der Waals surface area contributed by atoms with Gasteiger partial charge in [0.25, 0.3) is 0 Å². The molecule has 1 saturated heterocycles. The molecular formula is C13H19NO2. The Morgan fingerprint density at radius 1 is 1.50 bits per heavy atom. The Labute approximate surface area is 96.8 Å². The van der Waals surface area contributed by atoms with Crippen LogP contribution in [0.1, 0.15) is 17.2 Å². The smallest absolute Gasteiger partial charge is 0.0949 e. The lowest BCUT2D eigenvalue weighted by molar-refractivity contribution is 0.0276. The van der Waals surface area contributed by atoms with Crippen molar-refractivity contribution >= 4 is 0 Å². The molecule has 1 aromatic carbocycles. The maximum absolute atomic E-state index is 5.73. The molecule has 88 valence electrons. The summed E-state index contributed by atoms with van der Waals surface area (Å²) in [5.41, 5.74) is 2.58. The van der Waals surface area contributed by atoms with Crippen LogP contribution in [0, 0.1) is 0 Å². The lowest BCUT2D eigenvalue weighted by atomic mass is 10.0. The summed E-state index contributed by atoms with van der Waals surface area (Å²) in [7, 11) is 1.73. The van der Waals surface area contributed by atoms with E-state index in [-0.39, 0.29) is 6.10 Å². The van der Waals surface area contributed by atoms with Crippen molar-refractivity contribution in [3.8, 4) is 0 Å². The second-order valence-corrected chi connectivity index (χ2v) is 4.05. The topological polar surface area (TPSA) is 30.5 Å². The van der Waals surface area contributed by atoms with Crippen molar-refractivity contribution in [3.05, 3.63) is 35.4 Å². The van der Waals surface area contributed by atoms with Gasteiger partial charge < -0.3 is 14.8 Å². The largest absolute Gasteiger partial charge is 0.384 e. The molecule has 0 aromatic heterocycles. The summed E-state index contributed by atoms with van der Waals surface area (Å²) in [6, 6.07) is 8.59. The molecule has 0 saturated carbocycles. The first-order valence-corrected chi connectivity index (χ1v) is 5.80. The van der Waals surface area contributed by atoms with Gasteiger partial charge in [-0.3, -0.25) is 0 Å². The van der Waals surface area contributed by atoms with Gasteiger partial charge in [-0.05, 0) is 17.5 Å². The van der Waals surface area contributed by atoms with E-state index in [1.807, 2.05) is 0 Å². The Morgan fingerprint density at radius 3 is 3.19 bits per heavy atom. The maximum Gasteiger partial charge on any atom is 0.0949 e. The fraction of sp³-hybridized carbons (Fsp3) is 0.538. The number of ether oxygens (including phenoxy) is 2. The SMILES string of the molecule is COCCc1cccc(C2CNCCO2)c1. The van der Waals surface area contributed by atoms with Crippen LogP contribution < -0.4 is 5.32 Å². The normalized spacial score (nSPS) is 20.9. The van der Waals surface area contributed by atoms with E-state index >= 15 is 0 Å². The molecule has 1 unspecified atom stereocenters. The van der Waals surface area contributed by atoms with E-state index in [1.54, 1.807) is 7.11 Å². The third kappa shape index (κ3) is 3.04. The molecule has 3 nitrogen and oxygen atoms in total. The van der Waals surface area contributed by atoms with Gasteiger partial charge in [0.15, 0.2) is 0 Å². The van der Waals surface area contributed by atoms with Gasteiger partial charge in [0, 0.05) is 20.2 Å². The summed E-state index contributed by atoms with van der Waals surface area (Å²) in [6.07, 6.45) is 1.17. The van der Waals surface area contributed by atoms with Crippen LogP contribution in [-0.2, 0) is 15.9 Å². The second kappa shape index (κ2) is 5.99. The molecule has 1 aromatic rings. The first-order valence-electron chi connectivity index (χ1n) is 5.80. The van der Waals surface area contributed by atoms with E-state index in [9.17, 15) is 0 Å². The Morgan fingerprint density at radius 2 is 2.44 bits per heavy atom. The van der Waals surface area contributed by atoms with Crippen LogP contribution in [0.15, 0.2) is 24.3 Å². The molecule has 16 heavy (non-hydrogen) atoms.